The number of nitrogens with two attached hydrogens (primary N) is 1. The van der Waals surface area contributed by atoms with E-state index in [1.807, 2.05) is 13.8 Å². The number of fused-ring (bicyclic) bond motifs is 1. The molecule has 0 saturated heterocycles. The largest absolute Gasteiger partial charge is 0.354 e. The number of rotatable bonds is 7. The SMILES string of the molecule is CCC(CC)(CN)C(=O)NCC(C)N1CCc2ccccc2C1.Cl.Cl. The molecule has 1 atom stereocenters. The quantitative estimate of drug-likeness (QED) is 0.752. The predicted molar refractivity (Wildman–Crippen MR) is 110 cm³/mol. The Labute approximate surface area is 164 Å². The summed E-state index contributed by atoms with van der Waals surface area (Å²) in [5, 5.41) is 3.14. The van der Waals surface area contributed by atoms with Crippen molar-refractivity contribution in [1.82, 2.24) is 10.2 Å². The molecule has 3 N–H and O–H groups in total. The molecule has 1 amide bonds. The third-order valence-corrected chi connectivity index (χ3v) is 5.57. The first kappa shape index (κ1) is 24.2. The number of hydrogen-bond acceptors (Lipinski definition) is 3. The van der Waals surface area contributed by atoms with Crippen LogP contribution in [0.4, 0.5) is 0 Å². The molecule has 1 unspecified atom stereocenters. The minimum atomic E-state index is -0.409. The second-order valence-electron chi connectivity index (χ2n) is 6.74. The lowest BCUT2D eigenvalue weighted by atomic mass is 9.81. The molecule has 1 aliphatic rings. The maximum Gasteiger partial charge on any atom is 0.227 e. The van der Waals surface area contributed by atoms with Crippen LogP contribution in [0.15, 0.2) is 24.3 Å². The van der Waals surface area contributed by atoms with Crippen molar-refractivity contribution in [2.45, 2.75) is 52.6 Å². The summed E-state index contributed by atoms with van der Waals surface area (Å²) in [4.78, 5) is 15.0. The number of halogens is 2. The van der Waals surface area contributed by atoms with Crippen LogP contribution in [0, 0.1) is 5.41 Å². The molecule has 2 rings (SSSR count). The average Bonchev–Trinajstić information content (AvgIpc) is 2.61. The molecule has 1 aliphatic heterocycles. The molecule has 0 saturated carbocycles. The maximum atomic E-state index is 12.5. The van der Waals surface area contributed by atoms with E-state index >= 15 is 0 Å². The molecule has 0 bridgehead atoms. The number of nitrogens with one attached hydrogen (secondary N) is 1. The Morgan fingerprint density at radius 1 is 1.24 bits per heavy atom. The first-order chi connectivity index (χ1) is 11.1. The van der Waals surface area contributed by atoms with Crippen molar-refractivity contribution in [2.24, 2.45) is 11.1 Å². The summed E-state index contributed by atoms with van der Waals surface area (Å²) < 4.78 is 0. The summed E-state index contributed by atoms with van der Waals surface area (Å²) >= 11 is 0. The highest BCUT2D eigenvalue weighted by Crippen LogP contribution is 2.25. The van der Waals surface area contributed by atoms with Gasteiger partial charge in [0.05, 0.1) is 5.41 Å². The van der Waals surface area contributed by atoms with Crippen LogP contribution < -0.4 is 11.1 Å². The third-order valence-electron chi connectivity index (χ3n) is 5.57. The first-order valence-corrected chi connectivity index (χ1v) is 8.85. The van der Waals surface area contributed by atoms with Crippen molar-refractivity contribution in [3.63, 3.8) is 0 Å². The van der Waals surface area contributed by atoms with Gasteiger partial charge in [-0.05, 0) is 37.3 Å². The molecule has 0 fully saturated rings. The summed E-state index contributed by atoms with van der Waals surface area (Å²) in [6, 6.07) is 8.97. The van der Waals surface area contributed by atoms with Gasteiger partial charge in [0, 0.05) is 32.2 Å². The van der Waals surface area contributed by atoms with Gasteiger partial charge in [0.25, 0.3) is 0 Å². The lowest BCUT2D eigenvalue weighted by molar-refractivity contribution is -0.131. The van der Waals surface area contributed by atoms with Crippen LogP contribution in [0.5, 0.6) is 0 Å². The maximum absolute atomic E-state index is 12.5. The van der Waals surface area contributed by atoms with E-state index in [2.05, 4.69) is 41.4 Å². The minimum absolute atomic E-state index is 0. The highest BCUT2D eigenvalue weighted by atomic mass is 35.5. The van der Waals surface area contributed by atoms with Crippen LogP contribution >= 0.6 is 24.8 Å². The lowest BCUT2D eigenvalue weighted by Gasteiger charge is -2.35. The summed E-state index contributed by atoms with van der Waals surface area (Å²) in [5.41, 5.74) is 8.32. The Balaban J connectivity index is 0.00000288. The Morgan fingerprint density at radius 3 is 2.40 bits per heavy atom. The van der Waals surface area contributed by atoms with E-state index in [0.29, 0.717) is 19.1 Å². The lowest BCUT2D eigenvalue weighted by Crippen LogP contribution is -2.50. The number of benzene rings is 1. The van der Waals surface area contributed by atoms with E-state index < -0.39 is 5.41 Å². The van der Waals surface area contributed by atoms with E-state index in [1.165, 1.54) is 11.1 Å². The topological polar surface area (TPSA) is 58.4 Å². The Hall–Kier alpha value is -0.810. The van der Waals surface area contributed by atoms with Gasteiger partial charge in [0.2, 0.25) is 5.91 Å². The van der Waals surface area contributed by atoms with Gasteiger partial charge < -0.3 is 11.1 Å². The Bertz CT molecular complexity index is 527. The van der Waals surface area contributed by atoms with Gasteiger partial charge >= 0.3 is 0 Å². The number of amides is 1. The van der Waals surface area contributed by atoms with Crippen molar-refractivity contribution in [3.8, 4) is 0 Å². The molecular weight excluding hydrogens is 357 g/mol. The van der Waals surface area contributed by atoms with Crippen molar-refractivity contribution < 1.29 is 4.79 Å². The number of nitrogens with zero attached hydrogens (tertiary/aromatic N) is 1. The summed E-state index contributed by atoms with van der Waals surface area (Å²) in [5.74, 6) is 0.106. The van der Waals surface area contributed by atoms with E-state index in [4.69, 9.17) is 5.73 Å². The molecule has 0 spiro atoms. The molecular formula is C19H33Cl2N3O. The summed E-state index contributed by atoms with van der Waals surface area (Å²) in [6.45, 7) is 9.40. The average molecular weight is 390 g/mol. The summed E-state index contributed by atoms with van der Waals surface area (Å²) in [6.07, 6.45) is 2.67. The first-order valence-electron chi connectivity index (χ1n) is 8.85. The van der Waals surface area contributed by atoms with E-state index in [9.17, 15) is 4.79 Å². The fourth-order valence-corrected chi connectivity index (χ4v) is 3.40. The minimum Gasteiger partial charge on any atom is -0.354 e. The molecule has 0 aliphatic carbocycles. The molecule has 6 heteroatoms. The summed E-state index contributed by atoms with van der Waals surface area (Å²) in [7, 11) is 0. The molecule has 1 aromatic carbocycles. The van der Waals surface area contributed by atoms with Gasteiger partial charge in [-0.1, -0.05) is 38.1 Å². The van der Waals surface area contributed by atoms with E-state index in [-0.39, 0.29) is 30.7 Å². The predicted octanol–water partition coefficient (Wildman–Crippen LogP) is 3.16. The number of hydrogen-bond donors (Lipinski definition) is 2. The molecule has 0 radical (unpaired) electrons. The van der Waals surface area contributed by atoms with Crippen LogP contribution in [-0.4, -0.2) is 36.5 Å². The van der Waals surface area contributed by atoms with Crippen LogP contribution in [-0.2, 0) is 17.8 Å². The fourth-order valence-electron chi connectivity index (χ4n) is 3.40. The third kappa shape index (κ3) is 5.58. The zero-order valence-electron chi connectivity index (χ0n) is 15.6. The highest BCUT2D eigenvalue weighted by Gasteiger charge is 2.33. The molecule has 25 heavy (non-hydrogen) atoms. The van der Waals surface area contributed by atoms with Crippen molar-refractivity contribution in [3.05, 3.63) is 35.4 Å². The van der Waals surface area contributed by atoms with Gasteiger partial charge in [-0.3, -0.25) is 9.69 Å². The second-order valence-corrected chi connectivity index (χ2v) is 6.74. The fraction of sp³-hybridized carbons (Fsp3) is 0.632. The van der Waals surface area contributed by atoms with Crippen LogP contribution in [0.25, 0.3) is 0 Å². The van der Waals surface area contributed by atoms with E-state index in [0.717, 1.165) is 32.4 Å². The standard InChI is InChI=1S/C19H31N3O.2ClH/c1-4-19(5-2,14-20)18(23)21-12-15(3)22-11-10-16-8-6-7-9-17(16)13-22;;/h6-9,15H,4-5,10-14,20H2,1-3H3,(H,21,23);2*1H. The highest BCUT2D eigenvalue weighted by molar-refractivity contribution is 5.85. The molecule has 1 aromatic rings. The smallest absolute Gasteiger partial charge is 0.227 e. The van der Waals surface area contributed by atoms with Crippen LogP contribution in [0.2, 0.25) is 0 Å². The molecule has 1 heterocycles. The van der Waals surface area contributed by atoms with Crippen LogP contribution in [0.3, 0.4) is 0 Å². The van der Waals surface area contributed by atoms with Crippen molar-refractivity contribution in [1.29, 1.82) is 0 Å². The molecule has 144 valence electrons. The zero-order chi connectivity index (χ0) is 16.9. The van der Waals surface area contributed by atoms with Gasteiger partial charge in [-0.2, -0.15) is 0 Å². The van der Waals surface area contributed by atoms with Gasteiger partial charge in [-0.25, -0.2) is 0 Å². The van der Waals surface area contributed by atoms with Gasteiger partial charge in [-0.15, -0.1) is 24.8 Å². The van der Waals surface area contributed by atoms with Crippen LogP contribution in [0.1, 0.15) is 44.7 Å². The van der Waals surface area contributed by atoms with E-state index in [1.54, 1.807) is 0 Å². The number of carbonyl (C=O) groups is 1. The van der Waals surface area contributed by atoms with Gasteiger partial charge in [0.1, 0.15) is 0 Å². The molecule has 0 aromatic heterocycles. The van der Waals surface area contributed by atoms with Gasteiger partial charge in [0.15, 0.2) is 0 Å². The normalized spacial score (nSPS) is 15.4. The number of carbonyl (C=O) groups excluding carboxylic acids is 1. The zero-order valence-corrected chi connectivity index (χ0v) is 17.2. The van der Waals surface area contributed by atoms with Crippen molar-refractivity contribution >= 4 is 30.7 Å². The molecule has 4 nitrogen and oxygen atoms in total. The van der Waals surface area contributed by atoms with Crippen molar-refractivity contribution in [2.75, 3.05) is 19.6 Å². The monoisotopic (exact) mass is 389 g/mol. The Morgan fingerprint density at radius 2 is 1.84 bits per heavy atom. The second kappa shape index (κ2) is 11.0. The Kier molecular flexibility index (Phi) is 10.7.